The van der Waals surface area contributed by atoms with Gasteiger partial charge < -0.3 is 14.2 Å². The summed E-state index contributed by atoms with van der Waals surface area (Å²) in [6.07, 6.45) is 0. The van der Waals surface area contributed by atoms with Crippen molar-refractivity contribution in [3.8, 4) is 11.6 Å². The SMILES string of the molecule is COC(=O)c1ccc(C)c(-n2c(COC(C)=O)nc(OCc3ccc(F)cc3F)c(Br)c2=O)c1. The van der Waals surface area contributed by atoms with Crippen LogP contribution in [0.1, 0.15) is 34.2 Å². The van der Waals surface area contributed by atoms with Crippen molar-refractivity contribution in [3.63, 3.8) is 0 Å². The molecule has 0 unspecified atom stereocenters. The number of rotatable bonds is 7. The predicted molar refractivity (Wildman–Crippen MR) is 120 cm³/mol. The van der Waals surface area contributed by atoms with Crippen molar-refractivity contribution in [2.75, 3.05) is 7.11 Å². The van der Waals surface area contributed by atoms with Crippen molar-refractivity contribution in [2.45, 2.75) is 27.1 Å². The first-order chi connectivity index (χ1) is 16.1. The molecule has 0 aliphatic rings. The molecule has 0 atom stereocenters. The molecule has 0 radical (unpaired) electrons. The minimum absolute atomic E-state index is 0.0110. The fourth-order valence-electron chi connectivity index (χ4n) is 3.01. The molecule has 3 rings (SSSR count). The number of hydrogen-bond donors (Lipinski definition) is 0. The zero-order valence-electron chi connectivity index (χ0n) is 18.4. The van der Waals surface area contributed by atoms with Gasteiger partial charge in [-0.3, -0.25) is 14.2 Å². The second-order valence-corrected chi connectivity index (χ2v) is 7.88. The molecule has 178 valence electrons. The van der Waals surface area contributed by atoms with Gasteiger partial charge in [-0.05, 0) is 52.7 Å². The van der Waals surface area contributed by atoms with Crippen molar-refractivity contribution in [1.29, 1.82) is 0 Å². The first-order valence-electron chi connectivity index (χ1n) is 9.83. The molecule has 0 bridgehead atoms. The monoisotopic (exact) mass is 536 g/mol. The van der Waals surface area contributed by atoms with Crippen molar-refractivity contribution < 1.29 is 32.6 Å². The molecular formula is C23H19BrF2N2O6. The van der Waals surface area contributed by atoms with Gasteiger partial charge in [0.15, 0.2) is 5.82 Å². The topological polar surface area (TPSA) is 96.7 Å². The largest absolute Gasteiger partial charge is 0.472 e. The number of carbonyl (C=O) groups excluding carboxylic acids is 2. The van der Waals surface area contributed by atoms with E-state index in [1.54, 1.807) is 19.1 Å². The van der Waals surface area contributed by atoms with Gasteiger partial charge >= 0.3 is 11.9 Å². The quantitative estimate of drug-likeness (QED) is 0.421. The van der Waals surface area contributed by atoms with Gasteiger partial charge in [-0.15, -0.1) is 0 Å². The molecule has 0 fully saturated rings. The normalized spacial score (nSPS) is 10.6. The molecule has 0 aliphatic heterocycles. The third-order valence-corrected chi connectivity index (χ3v) is 5.40. The highest BCUT2D eigenvalue weighted by molar-refractivity contribution is 9.10. The average molecular weight is 537 g/mol. The van der Waals surface area contributed by atoms with E-state index in [1.807, 2.05) is 0 Å². The van der Waals surface area contributed by atoms with Crippen LogP contribution in [0.15, 0.2) is 45.7 Å². The average Bonchev–Trinajstić information content (AvgIpc) is 2.80. The Morgan fingerprint density at radius 1 is 1.12 bits per heavy atom. The lowest BCUT2D eigenvalue weighted by Crippen LogP contribution is -2.27. The molecule has 0 aliphatic carbocycles. The Morgan fingerprint density at radius 2 is 1.85 bits per heavy atom. The molecule has 0 saturated carbocycles. The molecule has 3 aromatic rings. The lowest BCUT2D eigenvalue weighted by atomic mass is 10.1. The Morgan fingerprint density at radius 3 is 2.50 bits per heavy atom. The van der Waals surface area contributed by atoms with Crippen LogP contribution in [0.2, 0.25) is 0 Å². The van der Waals surface area contributed by atoms with Crippen molar-refractivity contribution in [2.24, 2.45) is 0 Å². The Balaban J connectivity index is 2.10. The summed E-state index contributed by atoms with van der Waals surface area (Å²) < 4.78 is 43.5. The summed E-state index contributed by atoms with van der Waals surface area (Å²) in [5.41, 5.74) is 0.532. The maximum absolute atomic E-state index is 14.0. The van der Waals surface area contributed by atoms with E-state index in [1.165, 1.54) is 30.7 Å². The van der Waals surface area contributed by atoms with Crippen molar-refractivity contribution >= 4 is 27.9 Å². The Kier molecular flexibility index (Phi) is 7.77. The fourth-order valence-corrected chi connectivity index (χ4v) is 3.39. The summed E-state index contributed by atoms with van der Waals surface area (Å²) >= 11 is 3.16. The smallest absolute Gasteiger partial charge is 0.337 e. The Bertz CT molecular complexity index is 1330. The van der Waals surface area contributed by atoms with E-state index < -0.39 is 29.1 Å². The molecule has 1 heterocycles. The number of hydrogen-bond acceptors (Lipinski definition) is 7. The van der Waals surface area contributed by atoms with Gasteiger partial charge in [0.1, 0.15) is 29.3 Å². The first kappa shape index (κ1) is 25.0. The van der Waals surface area contributed by atoms with Crippen LogP contribution in [0.25, 0.3) is 5.69 Å². The zero-order valence-corrected chi connectivity index (χ0v) is 19.9. The van der Waals surface area contributed by atoms with Crippen LogP contribution < -0.4 is 10.3 Å². The highest BCUT2D eigenvalue weighted by atomic mass is 79.9. The summed E-state index contributed by atoms with van der Waals surface area (Å²) in [5.74, 6) is -2.98. The minimum atomic E-state index is -0.820. The number of nitrogens with zero attached hydrogens (tertiary/aromatic N) is 2. The standard InChI is InChI=1S/C23H19BrF2N2O6/c1-12-4-5-14(23(31)32-3)8-18(12)28-19(11-33-13(2)29)27-21(20(24)22(28)30)34-10-15-6-7-16(25)9-17(15)26/h4-9H,10-11H2,1-3H3. The second kappa shape index (κ2) is 10.6. The summed E-state index contributed by atoms with van der Waals surface area (Å²) in [7, 11) is 1.23. The third kappa shape index (κ3) is 5.48. The van der Waals surface area contributed by atoms with Crippen molar-refractivity contribution in [3.05, 3.63) is 85.4 Å². The fraction of sp³-hybridized carbons (Fsp3) is 0.217. The van der Waals surface area contributed by atoms with E-state index in [0.29, 0.717) is 17.3 Å². The van der Waals surface area contributed by atoms with Crippen LogP contribution in [0.4, 0.5) is 8.78 Å². The van der Waals surface area contributed by atoms with Gasteiger partial charge in [0.2, 0.25) is 5.88 Å². The summed E-state index contributed by atoms with van der Waals surface area (Å²) in [5, 5.41) is 0. The maximum Gasteiger partial charge on any atom is 0.337 e. The number of methoxy groups -OCH3 is 1. The van der Waals surface area contributed by atoms with Crippen LogP contribution in [0.3, 0.4) is 0 Å². The molecule has 34 heavy (non-hydrogen) atoms. The van der Waals surface area contributed by atoms with E-state index in [4.69, 9.17) is 14.2 Å². The number of ether oxygens (including phenoxy) is 3. The van der Waals surface area contributed by atoms with Crippen LogP contribution in [-0.4, -0.2) is 28.6 Å². The van der Waals surface area contributed by atoms with E-state index in [2.05, 4.69) is 20.9 Å². The second-order valence-electron chi connectivity index (χ2n) is 7.09. The highest BCUT2D eigenvalue weighted by Gasteiger charge is 2.21. The third-order valence-electron chi connectivity index (χ3n) is 4.72. The highest BCUT2D eigenvalue weighted by Crippen LogP contribution is 2.25. The summed E-state index contributed by atoms with van der Waals surface area (Å²) in [4.78, 5) is 41.0. The Labute approximate surface area is 201 Å². The lowest BCUT2D eigenvalue weighted by Gasteiger charge is -2.17. The van der Waals surface area contributed by atoms with Crippen LogP contribution in [0.5, 0.6) is 5.88 Å². The van der Waals surface area contributed by atoms with E-state index in [9.17, 15) is 23.2 Å². The number of benzene rings is 2. The van der Waals surface area contributed by atoms with Gasteiger partial charge in [-0.25, -0.2) is 13.6 Å². The van der Waals surface area contributed by atoms with Gasteiger partial charge in [0.25, 0.3) is 5.56 Å². The lowest BCUT2D eigenvalue weighted by molar-refractivity contribution is -0.142. The van der Waals surface area contributed by atoms with Gasteiger partial charge in [0.05, 0.1) is 18.4 Å². The van der Waals surface area contributed by atoms with Crippen LogP contribution in [-0.2, 0) is 27.5 Å². The van der Waals surface area contributed by atoms with Gasteiger partial charge in [-0.2, -0.15) is 4.98 Å². The van der Waals surface area contributed by atoms with Crippen LogP contribution >= 0.6 is 15.9 Å². The van der Waals surface area contributed by atoms with Gasteiger partial charge in [-0.1, -0.05) is 6.07 Å². The molecule has 0 N–H and O–H groups in total. The van der Waals surface area contributed by atoms with E-state index >= 15 is 0 Å². The summed E-state index contributed by atoms with van der Waals surface area (Å²) in [6.45, 7) is 2.18. The number of halogens is 3. The Hall–Kier alpha value is -3.60. The summed E-state index contributed by atoms with van der Waals surface area (Å²) in [6, 6.07) is 7.61. The van der Waals surface area contributed by atoms with Gasteiger partial charge in [0, 0.05) is 18.6 Å². The van der Waals surface area contributed by atoms with E-state index in [-0.39, 0.29) is 40.5 Å². The van der Waals surface area contributed by atoms with E-state index in [0.717, 1.165) is 6.07 Å². The number of aryl methyl sites for hydroxylation is 1. The zero-order chi connectivity index (χ0) is 25.0. The molecule has 0 spiro atoms. The molecule has 2 aromatic carbocycles. The molecule has 8 nitrogen and oxygen atoms in total. The molecule has 0 amide bonds. The molecule has 1 aromatic heterocycles. The molecule has 11 heteroatoms. The van der Waals surface area contributed by atoms with Crippen molar-refractivity contribution in [1.82, 2.24) is 9.55 Å². The van der Waals surface area contributed by atoms with Crippen LogP contribution in [0, 0.1) is 18.6 Å². The number of carbonyl (C=O) groups is 2. The maximum atomic E-state index is 14.0. The first-order valence-corrected chi connectivity index (χ1v) is 10.6. The minimum Gasteiger partial charge on any atom is -0.472 e. The predicted octanol–water partition coefficient (Wildman–Crippen LogP) is 4.01. The number of esters is 2. The number of aromatic nitrogens is 2. The molecule has 0 saturated heterocycles. The molecular weight excluding hydrogens is 518 g/mol.